The van der Waals surface area contributed by atoms with Crippen molar-refractivity contribution < 1.29 is 18.7 Å². The minimum absolute atomic E-state index is 0.0454. The molecule has 2 aromatic rings. The van der Waals surface area contributed by atoms with Gasteiger partial charge in [0.15, 0.2) is 5.76 Å². The molecule has 152 valence electrons. The third-order valence-corrected chi connectivity index (χ3v) is 5.56. The summed E-state index contributed by atoms with van der Waals surface area (Å²) in [5.41, 5.74) is 5.58. The number of benzene rings is 1. The number of aryl methyl sites for hydroxylation is 1. The van der Waals surface area contributed by atoms with Crippen LogP contribution in [-0.2, 0) is 6.42 Å². The third kappa shape index (κ3) is 3.77. The van der Waals surface area contributed by atoms with E-state index in [4.69, 9.17) is 9.15 Å². The Morgan fingerprint density at radius 2 is 1.83 bits per heavy atom. The van der Waals surface area contributed by atoms with Gasteiger partial charge in [-0.1, -0.05) is 0 Å². The van der Waals surface area contributed by atoms with Crippen molar-refractivity contribution in [3.8, 4) is 5.75 Å². The lowest BCUT2D eigenvalue weighted by atomic mass is 9.93. The number of hydrogen-bond donors (Lipinski definition) is 1. The van der Waals surface area contributed by atoms with Crippen molar-refractivity contribution in [2.75, 3.05) is 20.2 Å². The number of ether oxygens (including phenoxy) is 1. The van der Waals surface area contributed by atoms with E-state index in [-0.39, 0.29) is 11.8 Å². The van der Waals surface area contributed by atoms with E-state index in [1.165, 1.54) is 0 Å². The van der Waals surface area contributed by atoms with Crippen LogP contribution in [0.4, 0.5) is 0 Å². The van der Waals surface area contributed by atoms with E-state index >= 15 is 0 Å². The van der Waals surface area contributed by atoms with Crippen molar-refractivity contribution in [3.05, 3.63) is 52.5 Å². The van der Waals surface area contributed by atoms with Gasteiger partial charge < -0.3 is 14.1 Å². The van der Waals surface area contributed by atoms with Crippen LogP contribution in [0.1, 0.15) is 63.5 Å². The number of nitrogens with one attached hydrogen (secondary N) is 1. The minimum atomic E-state index is -0.290. The number of fused-ring (bicyclic) bond motifs is 1. The summed E-state index contributed by atoms with van der Waals surface area (Å²) in [6.07, 6.45) is 4.45. The maximum Gasteiger partial charge on any atom is 0.289 e. The highest BCUT2D eigenvalue weighted by Gasteiger charge is 2.31. The number of nitrogens with zero attached hydrogens (tertiary/aromatic N) is 2. The lowest BCUT2D eigenvalue weighted by Crippen LogP contribution is -2.27. The zero-order valence-corrected chi connectivity index (χ0v) is 16.8. The number of likely N-dealkylation sites (tertiary alicyclic amines) is 1. The molecule has 0 atom stereocenters. The molecule has 7 heteroatoms. The molecule has 0 bridgehead atoms. The number of hydrogen-bond acceptors (Lipinski definition) is 5. The predicted molar refractivity (Wildman–Crippen MR) is 109 cm³/mol. The Bertz CT molecular complexity index is 953. The molecule has 4 rings (SSSR count). The molecule has 1 N–H and O–H groups in total. The van der Waals surface area contributed by atoms with Gasteiger partial charge in [0.05, 0.1) is 12.8 Å². The fourth-order valence-corrected chi connectivity index (χ4v) is 3.97. The molecule has 1 aliphatic carbocycles. The van der Waals surface area contributed by atoms with Crippen LogP contribution < -0.4 is 10.2 Å². The number of furan rings is 1. The SMILES string of the molecule is COc1ccc(C(=O)N/N=C2\CCCc3oc(C(=O)N4CCCC4)c(C)c32)cc1. The molecule has 7 nitrogen and oxygen atoms in total. The molecular weight excluding hydrogens is 370 g/mol. The van der Waals surface area contributed by atoms with Gasteiger partial charge in [0.25, 0.3) is 11.8 Å². The number of carbonyl (C=O) groups excluding carboxylic acids is 2. The van der Waals surface area contributed by atoms with Crippen LogP contribution in [0.15, 0.2) is 33.8 Å². The molecule has 0 unspecified atom stereocenters. The van der Waals surface area contributed by atoms with E-state index in [0.717, 1.165) is 67.8 Å². The second kappa shape index (κ2) is 8.11. The summed E-state index contributed by atoms with van der Waals surface area (Å²) in [5.74, 6) is 1.55. The second-order valence-electron chi connectivity index (χ2n) is 7.44. The summed E-state index contributed by atoms with van der Waals surface area (Å²) in [6.45, 7) is 3.46. The maximum absolute atomic E-state index is 12.8. The van der Waals surface area contributed by atoms with Crippen molar-refractivity contribution in [2.45, 2.75) is 39.0 Å². The van der Waals surface area contributed by atoms with Crippen LogP contribution in [0.2, 0.25) is 0 Å². The van der Waals surface area contributed by atoms with Crippen molar-refractivity contribution in [2.24, 2.45) is 5.10 Å². The van der Waals surface area contributed by atoms with Crippen molar-refractivity contribution in [3.63, 3.8) is 0 Å². The number of amides is 2. The Morgan fingerprint density at radius 1 is 1.10 bits per heavy atom. The highest BCUT2D eigenvalue weighted by molar-refractivity contribution is 6.07. The van der Waals surface area contributed by atoms with Crippen LogP contribution in [0.5, 0.6) is 5.75 Å². The lowest BCUT2D eigenvalue weighted by molar-refractivity contribution is 0.0758. The van der Waals surface area contributed by atoms with E-state index in [0.29, 0.717) is 17.1 Å². The highest BCUT2D eigenvalue weighted by atomic mass is 16.5. The average molecular weight is 395 g/mol. The summed E-state index contributed by atoms with van der Waals surface area (Å²) in [7, 11) is 1.58. The van der Waals surface area contributed by atoms with E-state index in [1.807, 2.05) is 11.8 Å². The molecule has 0 spiro atoms. The van der Waals surface area contributed by atoms with Gasteiger partial charge in [-0.2, -0.15) is 5.10 Å². The first-order valence-electron chi connectivity index (χ1n) is 10.0. The van der Waals surface area contributed by atoms with Gasteiger partial charge in [0.2, 0.25) is 0 Å². The van der Waals surface area contributed by atoms with Crippen molar-refractivity contribution >= 4 is 17.5 Å². The Hall–Kier alpha value is -3.09. The Kier molecular flexibility index (Phi) is 5.38. The fraction of sp³-hybridized carbons (Fsp3) is 0.409. The maximum atomic E-state index is 12.8. The first kappa shape index (κ1) is 19.2. The minimum Gasteiger partial charge on any atom is -0.497 e. The molecule has 2 heterocycles. The summed E-state index contributed by atoms with van der Waals surface area (Å²) in [5, 5.41) is 4.38. The lowest BCUT2D eigenvalue weighted by Gasteiger charge is -2.14. The molecular formula is C22H25N3O4. The van der Waals surface area contributed by atoms with Crippen LogP contribution in [0.3, 0.4) is 0 Å². The number of hydrazone groups is 1. The van der Waals surface area contributed by atoms with Gasteiger partial charge in [0.1, 0.15) is 11.5 Å². The Balaban J connectivity index is 1.55. The van der Waals surface area contributed by atoms with Gasteiger partial charge in [-0.3, -0.25) is 9.59 Å². The van der Waals surface area contributed by atoms with E-state index < -0.39 is 0 Å². The molecule has 1 fully saturated rings. The smallest absolute Gasteiger partial charge is 0.289 e. The first-order valence-corrected chi connectivity index (χ1v) is 10.0. The molecule has 0 radical (unpaired) electrons. The number of methoxy groups -OCH3 is 1. The Morgan fingerprint density at radius 3 is 2.52 bits per heavy atom. The van der Waals surface area contributed by atoms with E-state index in [9.17, 15) is 9.59 Å². The Labute approximate surface area is 169 Å². The molecule has 2 aliphatic rings. The number of carbonyl (C=O) groups is 2. The highest BCUT2D eigenvalue weighted by Crippen LogP contribution is 2.31. The summed E-state index contributed by atoms with van der Waals surface area (Å²) in [4.78, 5) is 27.1. The third-order valence-electron chi connectivity index (χ3n) is 5.56. The zero-order valence-electron chi connectivity index (χ0n) is 16.8. The molecule has 1 aliphatic heterocycles. The zero-order chi connectivity index (χ0) is 20.4. The largest absolute Gasteiger partial charge is 0.497 e. The van der Waals surface area contributed by atoms with Gasteiger partial charge in [0, 0.05) is 36.2 Å². The summed E-state index contributed by atoms with van der Waals surface area (Å²) < 4.78 is 11.1. The van der Waals surface area contributed by atoms with Crippen LogP contribution in [0, 0.1) is 6.92 Å². The van der Waals surface area contributed by atoms with Crippen LogP contribution >= 0.6 is 0 Å². The molecule has 2 amide bonds. The van der Waals surface area contributed by atoms with Crippen molar-refractivity contribution in [1.29, 1.82) is 0 Å². The van der Waals surface area contributed by atoms with Gasteiger partial charge in [-0.25, -0.2) is 5.43 Å². The number of rotatable bonds is 4. The summed E-state index contributed by atoms with van der Waals surface area (Å²) in [6, 6.07) is 6.85. The molecule has 1 saturated heterocycles. The normalized spacial score (nSPS) is 17.3. The van der Waals surface area contributed by atoms with Gasteiger partial charge in [-0.05, 0) is 56.9 Å². The van der Waals surface area contributed by atoms with E-state index in [1.54, 1.807) is 31.4 Å². The van der Waals surface area contributed by atoms with Crippen LogP contribution in [0.25, 0.3) is 0 Å². The van der Waals surface area contributed by atoms with Gasteiger partial charge >= 0.3 is 0 Å². The average Bonchev–Trinajstić information content (AvgIpc) is 3.40. The molecule has 0 saturated carbocycles. The quantitative estimate of drug-likeness (QED) is 0.805. The predicted octanol–water partition coefficient (Wildman–Crippen LogP) is 3.30. The molecule has 29 heavy (non-hydrogen) atoms. The topological polar surface area (TPSA) is 84.1 Å². The first-order chi connectivity index (χ1) is 14.1. The van der Waals surface area contributed by atoms with E-state index in [2.05, 4.69) is 10.5 Å². The van der Waals surface area contributed by atoms with Crippen LogP contribution in [-0.4, -0.2) is 42.6 Å². The van der Waals surface area contributed by atoms with Crippen molar-refractivity contribution in [1.82, 2.24) is 10.3 Å². The second-order valence-corrected chi connectivity index (χ2v) is 7.44. The summed E-state index contributed by atoms with van der Waals surface area (Å²) >= 11 is 0. The fourth-order valence-electron chi connectivity index (χ4n) is 3.97. The van der Waals surface area contributed by atoms with Gasteiger partial charge in [-0.15, -0.1) is 0 Å². The molecule has 1 aromatic carbocycles. The molecule has 1 aromatic heterocycles. The monoisotopic (exact) mass is 395 g/mol. The standard InChI is InChI=1S/C22H25N3O4/c1-14-19-17(23-24-21(26)15-8-10-16(28-2)11-9-15)6-5-7-18(19)29-20(14)22(27)25-12-3-4-13-25/h8-11H,3-7,12-13H2,1-2H3,(H,24,26)/b23-17+.